The zero-order chi connectivity index (χ0) is 26.3. The summed E-state index contributed by atoms with van der Waals surface area (Å²) in [7, 11) is -7.95. The molecule has 0 saturated heterocycles. The Balaban J connectivity index is 1.38. The third kappa shape index (κ3) is 7.56. The Morgan fingerprint density at radius 2 is 1.14 bits per heavy atom. The maximum absolute atomic E-state index is 12.5. The van der Waals surface area contributed by atoms with E-state index in [9.17, 15) is 21.6 Å². The number of benzene rings is 4. The van der Waals surface area contributed by atoms with E-state index in [2.05, 4.69) is 10.6 Å². The van der Waals surface area contributed by atoms with Crippen LogP contribution in [-0.4, -0.2) is 22.9 Å². The Morgan fingerprint density at radius 1 is 0.622 bits per heavy atom. The molecule has 0 aliphatic heterocycles. The largest absolute Gasteiger partial charge is 0.382 e. The van der Waals surface area contributed by atoms with E-state index in [1.807, 2.05) is 0 Å². The lowest BCUT2D eigenvalue weighted by molar-refractivity contribution is 0.262. The van der Waals surface area contributed by atoms with Crippen molar-refractivity contribution in [1.29, 1.82) is 0 Å². The Kier molecular flexibility index (Phi) is 7.75. The summed E-state index contributed by atoms with van der Waals surface area (Å²) in [6.07, 6.45) is 0. The van der Waals surface area contributed by atoms with E-state index in [1.54, 1.807) is 60.7 Å². The fraction of sp³-hybridized carbons (Fsp3) is 0.0385. The Hall–Kier alpha value is -4.35. The zero-order valence-corrected chi connectivity index (χ0v) is 20.9. The molecule has 9 nitrogen and oxygen atoms in total. The average molecular weight is 539 g/mol. The normalized spacial score (nSPS) is 11.4. The van der Waals surface area contributed by atoms with Gasteiger partial charge in [-0.2, -0.15) is 16.8 Å². The average Bonchev–Trinajstić information content (AvgIpc) is 2.85. The highest BCUT2D eigenvalue weighted by atomic mass is 32.2. The van der Waals surface area contributed by atoms with Gasteiger partial charge in [0, 0.05) is 23.5 Å². The van der Waals surface area contributed by atoms with Crippen LogP contribution in [0.15, 0.2) is 114 Å². The summed E-state index contributed by atoms with van der Waals surface area (Å²) in [5, 5.41) is 5.15. The minimum atomic E-state index is -4.04. The predicted molar refractivity (Wildman–Crippen MR) is 139 cm³/mol. The Morgan fingerprint density at radius 3 is 1.70 bits per heavy atom. The van der Waals surface area contributed by atoms with Crippen LogP contribution >= 0.6 is 0 Å². The van der Waals surface area contributed by atoms with E-state index in [4.69, 9.17) is 8.37 Å². The van der Waals surface area contributed by atoms with Crippen molar-refractivity contribution in [3.05, 3.63) is 115 Å². The molecule has 0 fully saturated rings. The van der Waals surface area contributed by atoms with Crippen molar-refractivity contribution < 1.29 is 30.0 Å². The molecule has 4 rings (SSSR count). The van der Waals surface area contributed by atoms with Crippen molar-refractivity contribution in [3.63, 3.8) is 0 Å². The minimum Gasteiger partial charge on any atom is -0.382 e. The molecule has 37 heavy (non-hydrogen) atoms. The number of anilines is 2. The maximum atomic E-state index is 12.5. The van der Waals surface area contributed by atoms with Crippen molar-refractivity contribution in [2.24, 2.45) is 0 Å². The van der Waals surface area contributed by atoms with Crippen molar-refractivity contribution in [2.45, 2.75) is 10.6 Å². The third-order valence-electron chi connectivity index (χ3n) is 4.83. The maximum Gasteiger partial charge on any atom is 0.339 e. The van der Waals surface area contributed by atoms with Crippen LogP contribution < -0.4 is 19.0 Å². The summed E-state index contributed by atoms with van der Waals surface area (Å²) in [6.45, 7) is 0. The molecule has 0 heterocycles. The fourth-order valence-corrected chi connectivity index (χ4v) is 5.26. The second kappa shape index (κ2) is 11.1. The standard InChI is InChI=1S/C26H22N2O7S2/c29-26(28-22-12-8-14-24(18-22)35-37(32,33)25-15-5-2-6-16-25)27-21-11-7-13-23(17-21)34-36(30,31)19-20-9-3-1-4-10-20/h1-18H,19H2,(H2,27,28,29). The number of urea groups is 1. The van der Waals surface area contributed by atoms with Gasteiger partial charge < -0.3 is 19.0 Å². The summed E-state index contributed by atoms with van der Waals surface area (Å²) >= 11 is 0. The van der Waals surface area contributed by atoms with Gasteiger partial charge in [0.15, 0.2) is 0 Å². The van der Waals surface area contributed by atoms with Gasteiger partial charge in [0.2, 0.25) is 0 Å². The Labute approximate surface area is 214 Å². The highest BCUT2D eigenvalue weighted by Crippen LogP contribution is 2.23. The number of hydrogen-bond donors (Lipinski definition) is 2. The molecule has 0 radical (unpaired) electrons. The highest BCUT2D eigenvalue weighted by Gasteiger charge is 2.17. The molecular formula is C26H22N2O7S2. The zero-order valence-electron chi connectivity index (χ0n) is 19.3. The van der Waals surface area contributed by atoms with E-state index in [1.165, 1.54) is 48.5 Å². The van der Waals surface area contributed by atoms with Gasteiger partial charge in [0.25, 0.3) is 0 Å². The van der Waals surface area contributed by atoms with E-state index in [0.717, 1.165) is 0 Å². The Bertz CT molecular complexity index is 1590. The SMILES string of the molecule is O=C(Nc1cccc(OS(=O)(=O)Cc2ccccc2)c1)Nc1cccc(OS(=O)(=O)c2ccccc2)c1. The first-order valence-corrected chi connectivity index (χ1v) is 13.9. The number of amides is 2. The molecule has 0 aliphatic rings. The molecular weight excluding hydrogens is 516 g/mol. The first-order valence-electron chi connectivity index (χ1n) is 10.9. The lowest BCUT2D eigenvalue weighted by atomic mass is 10.2. The molecule has 2 amide bonds. The third-order valence-corrected chi connectivity index (χ3v) is 7.23. The van der Waals surface area contributed by atoms with Gasteiger partial charge in [0.05, 0.1) is 0 Å². The lowest BCUT2D eigenvalue weighted by Crippen LogP contribution is -2.19. The van der Waals surface area contributed by atoms with Gasteiger partial charge in [0.1, 0.15) is 22.1 Å². The number of hydrogen-bond acceptors (Lipinski definition) is 7. The van der Waals surface area contributed by atoms with Gasteiger partial charge in [-0.05, 0) is 42.0 Å². The van der Waals surface area contributed by atoms with E-state index >= 15 is 0 Å². The quantitative estimate of drug-likeness (QED) is 0.287. The molecule has 190 valence electrons. The molecule has 0 spiro atoms. The van der Waals surface area contributed by atoms with E-state index in [-0.39, 0.29) is 33.5 Å². The highest BCUT2D eigenvalue weighted by molar-refractivity contribution is 7.87. The summed E-state index contributed by atoms with van der Waals surface area (Å²) in [5.74, 6) is -0.249. The van der Waals surface area contributed by atoms with E-state index in [0.29, 0.717) is 5.56 Å². The van der Waals surface area contributed by atoms with Crippen LogP contribution in [0.25, 0.3) is 0 Å². The lowest BCUT2D eigenvalue weighted by Gasteiger charge is -2.11. The second-order valence-electron chi connectivity index (χ2n) is 7.76. The summed E-state index contributed by atoms with van der Waals surface area (Å²) in [6, 6.07) is 27.4. The molecule has 2 N–H and O–H groups in total. The van der Waals surface area contributed by atoms with Crippen molar-refractivity contribution >= 4 is 37.6 Å². The summed E-state index contributed by atoms with van der Waals surface area (Å²) in [4.78, 5) is 12.5. The van der Waals surface area contributed by atoms with Crippen LogP contribution in [0.1, 0.15) is 5.56 Å². The number of rotatable bonds is 9. The molecule has 4 aromatic carbocycles. The van der Waals surface area contributed by atoms with Gasteiger partial charge in [-0.3, -0.25) is 0 Å². The van der Waals surface area contributed by atoms with Gasteiger partial charge >= 0.3 is 26.3 Å². The summed E-state index contributed by atoms with van der Waals surface area (Å²) < 4.78 is 60.0. The van der Waals surface area contributed by atoms with E-state index < -0.39 is 26.3 Å². The van der Waals surface area contributed by atoms with Crippen molar-refractivity contribution in [2.75, 3.05) is 10.6 Å². The van der Waals surface area contributed by atoms with Crippen LogP contribution in [0.4, 0.5) is 16.2 Å². The molecule has 4 aromatic rings. The second-order valence-corrected chi connectivity index (χ2v) is 10.9. The molecule has 0 atom stereocenters. The minimum absolute atomic E-state index is 0.000936. The van der Waals surface area contributed by atoms with Crippen molar-refractivity contribution in [1.82, 2.24) is 0 Å². The molecule has 0 saturated carbocycles. The monoisotopic (exact) mass is 538 g/mol. The first kappa shape index (κ1) is 25.7. The fourth-order valence-electron chi connectivity index (χ4n) is 3.26. The van der Waals surface area contributed by atoms with Gasteiger partial charge in [-0.1, -0.05) is 60.7 Å². The van der Waals surface area contributed by atoms with Crippen LogP contribution in [0.2, 0.25) is 0 Å². The first-order chi connectivity index (χ1) is 17.7. The number of carbonyl (C=O) groups excluding carboxylic acids is 1. The van der Waals surface area contributed by atoms with Gasteiger partial charge in [-0.15, -0.1) is 0 Å². The molecule has 0 unspecified atom stereocenters. The van der Waals surface area contributed by atoms with Crippen molar-refractivity contribution in [3.8, 4) is 11.5 Å². The molecule has 0 bridgehead atoms. The smallest absolute Gasteiger partial charge is 0.339 e. The topological polar surface area (TPSA) is 128 Å². The van der Waals surface area contributed by atoms with Crippen LogP contribution in [0, 0.1) is 0 Å². The molecule has 0 aliphatic carbocycles. The predicted octanol–water partition coefficient (Wildman–Crippen LogP) is 5.01. The summed E-state index contributed by atoms with van der Waals surface area (Å²) in [5.41, 5.74) is 1.14. The number of nitrogens with one attached hydrogen (secondary N) is 2. The van der Waals surface area contributed by atoms with Crippen LogP contribution in [0.5, 0.6) is 11.5 Å². The van der Waals surface area contributed by atoms with Crippen LogP contribution in [-0.2, 0) is 26.0 Å². The van der Waals surface area contributed by atoms with Gasteiger partial charge in [-0.25, -0.2) is 4.79 Å². The molecule has 11 heteroatoms. The molecule has 0 aromatic heterocycles. The van der Waals surface area contributed by atoms with Crippen LogP contribution in [0.3, 0.4) is 0 Å². The number of carbonyl (C=O) groups is 1.